The topological polar surface area (TPSA) is 40.5 Å². The van der Waals surface area contributed by atoms with E-state index in [0.717, 1.165) is 4.88 Å². The van der Waals surface area contributed by atoms with E-state index in [1.807, 2.05) is 17.5 Å². The van der Waals surface area contributed by atoms with Crippen LogP contribution in [0.5, 0.6) is 5.75 Å². The highest BCUT2D eigenvalue weighted by Gasteiger charge is 2.16. The molecule has 0 fully saturated rings. The van der Waals surface area contributed by atoms with Crippen LogP contribution in [0.3, 0.4) is 0 Å². The third-order valence-corrected chi connectivity index (χ3v) is 3.61. The molecular weight excluding hydrogens is 270 g/mol. The van der Waals surface area contributed by atoms with Crippen LogP contribution in [0.15, 0.2) is 35.7 Å². The number of phenolic OH excluding ortho intramolecular Hbond substituents is 1. The van der Waals surface area contributed by atoms with Gasteiger partial charge in [-0.15, -0.1) is 11.3 Å². The highest BCUT2D eigenvalue weighted by atomic mass is 35.5. The van der Waals surface area contributed by atoms with E-state index in [1.165, 1.54) is 12.1 Å². The number of thiophene rings is 1. The zero-order valence-electron chi connectivity index (χ0n) is 9.76. The average molecular weight is 282 g/mol. The molecule has 0 saturated carbocycles. The molecule has 1 aromatic heterocycles. The Morgan fingerprint density at radius 2 is 2.22 bits per heavy atom. The van der Waals surface area contributed by atoms with Gasteiger partial charge >= 0.3 is 0 Å². The summed E-state index contributed by atoms with van der Waals surface area (Å²) in [7, 11) is 1.70. The number of carbonyl (C=O) groups is 1. The summed E-state index contributed by atoms with van der Waals surface area (Å²) in [6.45, 7) is 0.526. The lowest BCUT2D eigenvalue weighted by molar-refractivity contribution is 0.0783. The van der Waals surface area contributed by atoms with Crippen LogP contribution in [0.2, 0.25) is 5.02 Å². The molecule has 0 bridgehead atoms. The number of amides is 1. The van der Waals surface area contributed by atoms with E-state index in [4.69, 9.17) is 11.6 Å². The van der Waals surface area contributed by atoms with Gasteiger partial charge in [0.05, 0.1) is 12.1 Å². The lowest BCUT2D eigenvalue weighted by Crippen LogP contribution is -2.25. The van der Waals surface area contributed by atoms with Gasteiger partial charge in [-0.1, -0.05) is 17.7 Å². The quantitative estimate of drug-likeness (QED) is 0.937. The molecule has 2 rings (SSSR count). The van der Waals surface area contributed by atoms with Gasteiger partial charge in [-0.05, 0) is 29.6 Å². The van der Waals surface area contributed by atoms with Crippen molar-refractivity contribution in [3.63, 3.8) is 0 Å². The zero-order valence-corrected chi connectivity index (χ0v) is 11.3. The number of hydrogen-bond acceptors (Lipinski definition) is 3. The van der Waals surface area contributed by atoms with Crippen LogP contribution in [-0.2, 0) is 6.54 Å². The first kappa shape index (κ1) is 12.9. The number of nitrogens with zero attached hydrogens (tertiary/aromatic N) is 1. The van der Waals surface area contributed by atoms with Crippen LogP contribution in [0, 0.1) is 0 Å². The average Bonchev–Trinajstić information content (AvgIpc) is 2.81. The van der Waals surface area contributed by atoms with Crippen molar-refractivity contribution >= 4 is 28.8 Å². The molecule has 3 nitrogen and oxygen atoms in total. The molecule has 5 heteroatoms. The Morgan fingerprint density at radius 3 is 2.83 bits per heavy atom. The Bertz CT molecular complexity index is 554. The number of hydrogen-bond donors (Lipinski definition) is 1. The summed E-state index contributed by atoms with van der Waals surface area (Å²) in [5.74, 6) is -0.317. The van der Waals surface area contributed by atoms with Crippen molar-refractivity contribution in [2.75, 3.05) is 7.05 Å². The fraction of sp³-hybridized carbons (Fsp3) is 0.154. The number of rotatable bonds is 3. The van der Waals surface area contributed by atoms with E-state index in [9.17, 15) is 9.90 Å². The van der Waals surface area contributed by atoms with Crippen molar-refractivity contribution in [3.8, 4) is 5.75 Å². The summed E-state index contributed by atoms with van der Waals surface area (Å²) in [5.41, 5.74) is 0.262. The van der Waals surface area contributed by atoms with Crippen molar-refractivity contribution in [3.05, 3.63) is 51.2 Å². The van der Waals surface area contributed by atoms with E-state index in [-0.39, 0.29) is 17.2 Å². The van der Waals surface area contributed by atoms with Crippen molar-refractivity contribution < 1.29 is 9.90 Å². The first-order valence-electron chi connectivity index (χ1n) is 5.34. The number of halogens is 1. The molecule has 94 valence electrons. The first-order chi connectivity index (χ1) is 8.58. The van der Waals surface area contributed by atoms with E-state index in [0.29, 0.717) is 11.6 Å². The number of phenols is 1. The maximum Gasteiger partial charge on any atom is 0.257 e. The van der Waals surface area contributed by atoms with Crippen LogP contribution in [-0.4, -0.2) is 23.0 Å². The molecule has 1 aromatic carbocycles. The second-order valence-electron chi connectivity index (χ2n) is 3.90. The predicted octanol–water partition coefficient (Wildman–Crippen LogP) is 3.38. The lowest BCUT2D eigenvalue weighted by atomic mass is 10.2. The third-order valence-electron chi connectivity index (χ3n) is 2.51. The molecule has 1 amide bonds. The van der Waals surface area contributed by atoms with E-state index in [2.05, 4.69) is 0 Å². The van der Waals surface area contributed by atoms with Crippen LogP contribution in [0.4, 0.5) is 0 Å². The number of carbonyl (C=O) groups excluding carboxylic acids is 1. The maximum atomic E-state index is 12.1. The van der Waals surface area contributed by atoms with Crippen molar-refractivity contribution in [2.45, 2.75) is 6.54 Å². The molecule has 1 N–H and O–H groups in total. The van der Waals surface area contributed by atoms with Crippen molar-refractivity contribution in [1.29, 1.82) is 0 Å². The van der Waals surface area contributed by atoms with Gasteiger partial charge in [0.15, 0.2) is 0 Å². The summed E-state index contributed by atoms with van der Waals surface area (Å²) in [6, 6.07) is 8.40. The molecule has 0 radical (unpaired) electrons. The third kappa shape index (κ3) is 2.83. The zero-order chi connectivity index (χ0) is 13.1. The minimum absolute atomic E-state index is 0.0921. The first-order valence-corrected chi connectivity index (χ1v) is 6.60. The van der Waals surface area contributed by atoms with Gasteiger partial charge in [0.1, 0.15) is 5.75 Å². The predicted molar refractivity (Wildman–Crippen MR) is 73.2 cm³/mol. The Morgan fingerprint density at radius 1 is 1.44 bits per heavy atom. The summed E-state index contributed by atoms with van der Waals surface area (Å²) in [6.07, 6.45) is 0. The van der Waals surface area contributed by atoms with Gasteiger partial charge in [-0.2, -0.15) is 0 Å². The van der Waals surface area contributed by atoms with E-state index < -0.39 is 0 Å². The van der Waals surface area contributed by atoms with Crippen molar-refractivity contribution in [2.24, 2.45) is 0 Å². The van der Waals surface area contributed by atoms with Crippen LogP contribution in [0.1, 0.15) is 15.2 Å². The van der Waals surface area contributed by atoms with E-state index >= 15 is 0 Å². The van der Waals surface area contributed by atoms with Gasteiger partial charge in [-0.25, -0.2) is 0 Å². The van der Waals surface area contributed by atoms with Gasteiger partial charge in [0.25, 0.3) is 5.91 Å². The Kier molecular flexibility index (Phi) is 3.89. The van der Waals surface area contributed by atoms with Crippen LogP contribution >= 0.6 is 22.9 Å². The fourth-order valence-electron chi connectivity index (χ4n) is 1.60. The van der Waals surface area contributed by atoms with Gasteiger partial charge in [0, 0.05) is 16.9 Å². The summed E-state index contributed by atoms with van der Waals surface area (Å²) >= 11 is 7.33. The largest absolute Gasteiger partial charge is 0.507 e. The minimum atomic E-state index is -0.224. The molecule has 0 atom stereocenters. The molecule has 2 aromatic rings. The SMILES string of the molecule is CN(Cc1cccs1)C(=O)c1ccc(Cl)cc1O. The van der Waals surface area contributed by atoms with Crippen LogP contribution < -0.4 is 0 Å². The van der Waals surface area contributed by atoms with Gasteiger partial charge in [-0.3, -0.25) is 4.79 Å². The number of benzene rings is 1. The second-order valence-corrected chi connectivity index (χ2v) is 5.37. The highest BCUT2D eigenvalue weighted by Crippen LogP contribution is 2.23. The molecule has 0 spiro atoms. The Hall–Kier alpha value is -1.52. The minimum Gasteiger partial charge on any atom is -0.507 e. The second kappa shape index (κ2) is 5.42. The molecule has 1 heterocycles. The fourth-order valence-corrected chi connectivity index (χ4v) is 2.52. The number of aromatic hydroxyl groups is 1. The van der Waals surface area contributed by atoms with Gasteiger partial charge < -0.3 is 10.0 Å². The summed E-state index contributed by atoms with van der Waals surface area (Å²) < 4.78 is 0. The molecule has 0 aliphatic heterocycles. The smallest absolute Gasteiger partial charge is 0.257 e. The molecular formula is C13H12ClNO2S. The summed E-state index contributed by atoms with van der Waals surface area (Å²) in [4.78, 5) is 14.8. The Balaban J connectivity index is 2.15. The molecule has 0 aliphatic carbocycles. The monoisotopic (exact) mass is 281 g/mol. The lowest BCUT2D eigenvalue weighted by Gasteiger charge is -2.17. The van der Waals surface area contributed by atoms with Crippen LogP contribution in [0.25, 0.3) is 0 Å². The normalized spacial score (nSPS) is 10.3. The molecule has 0 unspecified atom stereocenters. The van der Waals surface area contributed by atoms with Gasteiger partial charge in [0.2, 0.25) is 0 Å². The summed E-state index contributed by atoms with van der Waals surface area (Å²) in [5, 5.41) is 12.1. The molecule has 18 heavy (non-hydrogen) atoms. The molecule has 0 saturated heterocycles. The van der Waals surface area contributed by atoms with Crippen molar-refractivity contribution in [1.82, 2.24) is 4.90 Å². The van der Waals surface area contributed by atoms with E-state index in [1.54, 1.807) is 29.4 Å². The maximum absolute atomic E-state index is 12.1. The Labute approximate surface area is 114 Å². The molecule has 0 aliphatic rings. The standard InChI is InChI=1S/C13H12ClNO2S/c1-15(8-10-3-2-6-18-10)13(17)11-5-4-9(14)7-12(11)16/h2-7,16H,8H2,1H3. The highest BCUT2D eigenvalue weighted by molar-refractivity contribution is 7.09.